The molecule has 0 spiro atoms. The average Bonchev–Trinajstić information content (AvgIpc) is 2.67. The van der Waals surface area contributed by atoms with Crippen LogP contribution in [0.4, 0.5) is 0 Å². The number of rotatable bonds is 10. The smallest absolute Gasteiger partial charge is 0.162 e. The van der Waals surface area contributed by atoms with Crippen LogP contribution in [0.25, 0.3) is 0 Å². The fourth-order valence-corrected chi connectivity index (χ4v) is 2.68. The molecule has 140 valence electrons. The second-order valence-electron chi connectivity index (χ2n) is 5.49. The van der Waals surface area contributed by atoms with Gasteiger partial charge in [0.2, 0.25) is 0 Å². The second-order valence-corrected chi connectivity index (χ2v) is 5.89. The lowest BCUT2D eigenvalue weighted by Gasteiger charge is -2.13. The molecular formula is C20H24ClNO4. The summed E-state index contributed by atoms with van der Waals surface area (Å²) >= 11 is 6.32. The zero-order valence-electron chi connectivity index (χ0n) is 15.3. The summed E-state index contributed by atoms with van der Waals surface area (Å²) in [6.45, 7) is 5.33. The zero-order chi connectivity index (χ0) is 18.9. The number of benzene rings is 2. The second kappa shape index (κ2) is 9.94. The zero-order valence-corrected chi connectivity index (χ0v) is 16.1. The van der Waals surface area contributed by atoms with Crippen molar-refractivity contribution >= 4 is 11.6 Å². The maximum absolute atomic E-state index is 6.32. The summed E-state index contributed by atoms with van der Waals surface area (Å²) in [5, 5.41) is 3.99. The lowest BCUT2D eigenvalue weighted by molar-refractivity contribution is 0.326. The molecule has 0 atom stereocenters. The minimum absolute atomic E-state index is 0.436. The maximum atomic E-state index is 6.32. The van der Waals surface area contributed by atoms with Gasteiger partial charge in [-0.25, -0.2) is 0 Å². The van der Waals surface area contributed by atoms with Crippen LogP contribution in [-0.4, -0.2) is 27.9 Å². The fraction of sp³-hybridized carbons (Fsp3) is 0.300. The van der Waals surface area contributed by atoms with Crippen LogP contribution in [-0.2, 0) is 13.1 Å². The highest BCUT2D eigenvalue weighted by atomic mass is 35.5. The van der Waals surface area contributed by atoms with Crippen LogP contribution in [0.3, 0.4) is 0 Å². The van der Waals surface area contributed by atoms with Gasteiger partial charge in [0.05, 0.1) is 21.3 Å². The molecule has 0 saturated carbocycles. The van der Waals surface area contributed by atoms with E-state index in [0.717, 1.165) is 11.1 Å². The summed E-state index contributed by atoms with van der Waals surface area (Å²) in [4.78, 5) is 0. The highest BCUT2D eigenvalue weighted by molar-refractivity contribution is 6.31. The predicted molar refractivity (Wildman–Crippen MR) is 104 cm³/mol. The third kappa shape index (κ3) is 5.07. The molecule has 2 aromatic rings. The van der Waals surface area contributed by atoms with Crippen molar-refractivity contribution in [3.63, 3.8) is 0 Å². The molecule has 0 aliphatic heterocycles. The van der Waals surface area contributed by atoms with Crippen LogP contribution in [0, 0.1) is 0 Å². The Labute approximate surface area is 159 Å². The van der Waals surface area contributed by atoms with Gasteiger partial charge in [-0.3, -0.25) is 0 Å². The monoisotopic (exact) mass is 377 g/mol. The molecule has 26 heavy (non-hydrogen) atoms. The number of hydrogen-bond acceptors (Lipinski definition) is 5. The molecule has 1 N–H and O–H groups in total. The van der Waals surface area contributed by atoms with Crippen LogP contribution in [0.1, 0.15) is 11.1 Å². The number of nitrogens with one attached hydrogen (secondary N) is 1. The molecule has 5 nitrogen and oxygen atoms in total. The Kier molecular flexibility index (Phi) is 7.63. The van der Waals surface area contributed by atoms with Crippen LogP contribution < -0.4 is 24.3 Å². The van der Waals surface area contributed by atoms with Crippen molar-refractivity contribution in [1.29, 1.82) is 0 Å². The highest BCUT2D eigenvalue weighted by Crippen LogP contribution is 2.33. The van der Waals surface area contributed by atoms with E-state index in [2.05, 4.69) is 11.9 Å². The Bertz CT molecular complexity index is 749. The normalized spacial score (nSPS) is 10.3. The molecule has 0 amide bonds. The van der Waals surface area contributed by atoms with Crippen LogP contribution in [0.15, 0.2) is 43.0 Å². The van der Waals surface area contributed by atoms with Crippen molar-refractivity contribution in [3.05, 3.63) is 59.1 Å². The highest BCUT2D eigenvalue weighted by Gasteiger charge is 2.10. The van der Waals surface area contributed by atoms with Crippen molar-refractivity contribution in [2.75, 3.05) is 27.9 Å². The Morgan fingerprint density at radius 3 is 2.23 bits per heavy atom. The fourth-order valence-electron chi connectivity index (χ4n) is 2.46. The van der Waals surface area contributed by atoms with Crippen LogP contribution in [0.2, 0.25) is 5.02 Å². The van der Waals surface area contributed by atoms with Gasteiger partial charge in [-0.2, -0.15) is 0 Å². The van der Waals surface area contributed by atoms with E-state index < -0.39 is 0 Å². The Morgan fingerprint density at radius 2 is 1.58 bits per heavy atom. The van der Waals surface area contributed by atoms with E-state index in [1.807, 2.05) is 24.3 Å². The van der Waals surface area contributed by atoms with E-state index >= 15 is 0 Å². The van der Waals surface area contributed by atoms with E-state index in [4.69, 9.17) is 30.5 Å². The van der Waals surface area contributed by atoms with Gasteiger partial charge in [-0.05, 0) is 29.3 Å². The third-order valence-corrected chi connectivity index (χ3v) is 4.13. The summed E-state index contributed by atoms with van der Waals surface area (Å²) in [5.74, 6) is 2.65. The first-order chi connectivity index (χ1) is 12.6. The van der Waals surface area contributed by atoms with Crippen LogP contribution >= 0.6 is 11.6 Å². The summed E-state index contributed by atoms with van der Waals surface area (Å²) in [6.07, 6.45) is 1.70. The average molecular weight is 378 g/mol. The van der Waals surface area contributed by atoms with Crippen molar-refractivity contribution < 1.29 is 18.9 Å². The molecule has 2 aromatic carbocycles. The molecule has 0 aliphatic carbocycles. The molecule has 2 rings (SSSR count). The number of ether oxygens (including phenoxy) is 4. The number of hydrogen-bond donors (Lipinski definition) is 1. The minimum Gasteiger partial charge on any atom is -0.493 e. The maximum Gasteiger partial charge on any atom is 0.162 e. The predicted octanol–water partition coefficient (Wildman–Crippen LogP) is 4.22. The van der Waals surface area contributed by atoms with Gasteiger partial charge in [0.15, 0.2) is 23.0 Å². The molecule has 0 radical (unpaired) electrons. The SMILES string of the molecule is C=CCOc1ccc(CNCc2cc(OC)c(OC)cc2Cl)cc1OC. The van der Waals surface area contributed by atoms with E-state index in [1.54, 1.807) is 33.5 Å². The quantitative estimate of drug-likeness (QED) is 0.628. The first-order valence-electron chi connectivity index (χ1n) is 8.14. The van der Waals surface area contributed by atoms with Gasteiger partial charge < -0.3 is 24.3 Å². The van der Waals surface area contributed by atoms with Gasteiger partial charge in [-0.15, -0.1) is 0 Å². The first-order valence-corrected chi connectivity index (χ1v) is 8.52. The van der Waals surface area contributed by atoms with Crippen molar-refractivity contribution in [3.8, 4) is 23.0 Å². The topological polar surface area (TPSA) is 49.0 Å². The Hall–Kier alpha value is -2.37. The molecule has 0 unspecified atom stereocenters. The largest absolute Gasteiger partial charge is 0.493 e. The van der Waals surface area contributed by atoms with Crippen molar-refractivity contribution in [2.24, 2.45) is 0 Å². The van der Waals surface area contributed by atoms with Crippen LogP contribution in [0.5, 0.6) is 23.0 Å². The number of halogens is 1. The molecule has 6 heteroatoms. The molecule has 0 fully saturated rings. The van der Waals surface area contributed by atoms with E-state index in [0.29, 0.717) is 47.7 Å². The minimum atomic E-state index is 0.436. The van der Waals surface area contributed by atoms with Gasteiger partial charge in [0.1, 0.15) is 6.61 Å². The molecule has 0 aromatic heterocycles. The summed E-state index contributed by atoms with van der Waals surface area (Å²) in [6, 6.07) is 9.46. The van der Waals surface area contributed by atoms with E-state index in [1.165, 1.54) is 0 Å². The molecular weight excluding hydrogens is 354 g/mol. The molecule has 0 bridgehead atoms. The lowest BCUT2D eigenvalue weighted by atomic mass is 10.1. The summed E-state index contributed by atoms with van der Waals surface area (Å²) in [5.41, 5.74) is 2.01. The van der Waals surface area contributed by atoms with Gasteiger partial charge in [-0.1, -0.05) is 30.3 Å². The standard InChI is InChI=1S/C20H24ClNO4/c1-5-8-26-17-7-6-14(9-18(17)23-2)12-22-13-15-10-19(24-3)20(25-4)11-16(15)21/h5-7,9-11,22H,1,8,12-13H2,2-4H3. The Morgan fingerprint density at radius 1 is 0.923 bits per heavy atom. The van der Waals surface area contributed by atoms with Gasteiger partial charge >= 0.3 is 0 Å². The summed E-state index contributed by atoms with van der Waals surface area (Å²) < 4.78 is 21.5. The summed E-state index contributed by atoms with van der Waals surface area (Å²) in [7, 11) is 4.81. The third-order valence-electron chi connectivity index (χ3n) is 3.78. The van der Waals surface area contributed by atoms with E-state index in [-0.39, 0.29) is 0 Å². The molecule has 0 aliphatic rings. The van der Waals surface area contributed by atoms with Gasteiger partial charge in [0, 0.05) is 24.2 Å². The lowest BCUT2D eigenvalue weighted by Crippen LogP contribution is -2.13. The molecule has 0 heterocycles. The molecule has 0 saturated heterocycles. The van der Waals surface area contributed by atoms with Crippen molar-refractivity contribution in [1.82, 2.24) is 5.32 Å². The number of methoxy groups -OCH3 is 3. The Balaban J connectivity index is 2.02. The van der Waals surface area contributed by atoms with Crippen molar-refractivity contribution in [2.45, 2.75) is 13.1 Å². The van der Waals surface area contributed by atoms with Gasteiger partial charge in [0.25, 0.3) is 0 Å². The first kappa shape index (κ1) is 19.9. The van der Waals surface area contributed by atoms with E-state index in [9.17, 15) is 0 Å².